The molecule has 0 amide bonds. The average molecular weight is 242 g/mol. The molecule has 0 saturated heterocycles. The maximum atomic E-state index is 10.9. The molecule has 1 aromatic heterocycles. The molecule has 1 N–H and O–H groups in total. The Labute approximate surface area is 98.9 Å². The largest absolute Gasteiger partial charge is 0.490 e. The van der Waals surface area contributed by atoms with Crippen molar-refractivity contribution in [3.8, 4) is 5.75 Å². The molecule has 0 radical (unpaired) electrons. The van der Waals surface area contributed by atoms with Gasteiger partial charge in [0.05, 0.1) is 6.61 Å². The Bertz CT molecular complexity index is 345. The third-order valence-electron chi connectivity index (χ3n) is 1.91. The number of rotatable bonds is 7. The van der Waals surface area contributed by atoms with Gasteiger partial charge < -0.3 is 10.1 Å². The van der Waals surface area contributed by atoms with Crippen LogP contribution in [0.5, 0.6) is 5.75 Å². The van der Waals surface area contributed by atoms with Crippen molar-refractivity contribution in [1.29, 1.82) is 0 Å². The first-order valence-corrected chi connectivity index (χ1v) is 7.08. The summed E-state index contributed by atoms with van der Waals surface area (Å²) in [4.78, 5) is 4.19. The van der Waals surface area contributed by atoms with E-state index in [1.54, 1.807) is 12.5 Å². The normalized spacial score (nSPS) is 12.1. The molecule has 0 spiro atoms. The summed E-state index contributed by atoms with van der Waals surface area (Å²) in [6.07, 6.45) is 4.37. The van der Waals surface area contributed by atoms with Crippen LogP contribution >= 0.6 is 0 Å². The van der Waals surface area contributed by atoms with Crippen LogP contribution in [0.1, 0.15) is 13.3 Å². The van der Waals surface area contributed by atoms with Crippen LogP contribution in [-0.4, -0.2) is 34.4 Å². The Kier molecular flexibility index (Phi) is 5.85. The number of ether oxygens (including phenoxy) is 1. The van der Waals surface area contributed by atoms with E-state index in [9.17, 15) is 4.21 Å². The van der Waals surface area contributed by atoms with Gasteiger partial charge in [-0.05, 0) is 18.6 Å². The highest BCUT2D eigenvalue weighted by atomic mass is 32.2. The molecule has 16 heavy (non-hydrogen) atoms. The summed E-state index contributed by atoms with van der Waals surface area (Å²) in [5.41, 5.74) is 0. The summed E-state index contributed by atoms with van der Waals surface area (Å²) in [6.45, 7) is 3.38. The predicted octanol–water partition coefficient (Wildman–Crippen LogP) is 1.66. The summed E-state index contributed by atoms with van der Waals surface area (Å²) < 4.78 is 16.5. The van der Waals surface area contributed by atoms with Gasteiger partial charge in [-0.2, -0.15) is 0 Å². The minimum atomic E-state index is -0.782. The average Bonchev–Trinajstić information content (AvgIpc) is 2.27. The molecule has 0 bridgehead atoms. The van der Waals surface area contributed by atoms with Gasteiger partial charge in [0.1, 0.15) is 0 Å². The lowest BCUT2D eigenvalue weighted by Gasteiger charge is -2.10. The fourth-order valence-electron chi connectivity index (χ4n) is 1.16. The lowest BCUT2D eigenvalue weighted by atomic mass is 10.4. The molecule has 0 aliphatic heterocycles. The fraction of sp³-hybridized carbons (Fsp3) is 0.545. The van der Waals surface area contributed by atoms with Crippen LogP contribution in [0.4, 0.5) is 5.82 Å². The van der Waals surface area contributed by atoms with Gasteiger partial charge in [-0.25, -0.2) is 4.98 Å². The molecular weight excluding hydrogens is 224 g/mol. The Morgan fingerprint density at radius 2 is 2.38 bits per heavy atom. The topological polar surface area (TPSA) is 51.2 Å². The molecule has 0 fully saturated rings. The Morgan fingerprint density at radius 3 is 3.06 bits per heavy atom. The molecule has 1 atom stereocenters. The fourth-order valence-corrected chi connectivity index (χ4v) is 1.55. The molecule has 1 rings (SSSR count). The molecule has 0 saturated carbocycles. The SMILES string of the molecule is CCCOc1cccnc1NCCS(C)=O. The van der Waals surface area contributed by atoms with Crippen molar-refractivity contribution in [1.82, 2.24) is 4.98 Å². The molecule has 0 aliphatic rings. The molecule has 0 aromatic carbocycles. The first-order chi connectivity index (χ1) is 7.74. The summed E-state index contributed by atoms with van der Waals surface area (Å²) >= 11 is 0. The molecule has 1 unspecified atom stereocenters. The first kappa shape index (κ1) is 13.0. The lowest BCUT2D eigenvalue weighted by Crippen LogP contribution is -2.12. The van der Waals surface area contributed by atoms with Gasteiger partial charge >= 0.3 is 0 Å². The molecule has 1 heterocycles. The number of nitrogens with zero attached hydrogens (tertiary/aromatic N) is 1. The number of hydrogen-bond donors (Lipinski definition) is 1. The highest BCUT2D eigenvalue weighted by molar-refractivity contribution is 7.84. The van der Waals surface area contributed by atoms with E-state index in [2.05, 4.69) is 17.2 Å². The Morgan fingerprint density at radius 1 is 1.56 bits per heavy atom. The van der Waals surface area contributed by atoms with Crippen molar-refractivity contribution in [3.05, 3.63) is 18.3 Å². The minimum absolute atomic E-state index is 0.615. The molecular formula is C11H18N2O2S. The smallest absolute Gasteiger partial charge is 0.168 e. The van der Waals surface area contributed by atoms with Gasteiger partial charge in [-0.15, -0.1) is 0 Å². The second-order valence-electron chi connectivity index (χ2n) is 3.40. The summed E-state index contributed by atoms with van der Waals surface area (Å²) in [6, 6.07) is 3.72. The number of aromatic nitrogens is 1. The lowest BCUT2D eigenvalue weighted by molar-refractivity contribution is 0.318. The van der Waals surface area contributed by atoms with Gasteiger partial charge in [0, 0.05) is 35.5 Å². The molecule has 5 heteroatoms. The standard InChI is InChI=1S/C11H18N2O2S/c1-3-8-15-10-5-4-6-12-11(10)13-7-9-16(2)14/h4-6H,3,7-9H2,1-2H3,(H,12,13). The van der Waals surface area contributed by atoms with Crippen molar-refractivity contribution < 1.29 is 8.95 Å². The quantitative estimate of drug-likeness (QED) is 0.790. The maximum absolute atomic E-state index is 10.9. The molecule has 1 aromatic rings. The van der Waals surface area contributed by atoms with Crippen LogP contribution in [-0.2, 0) is 10.8 Å². The van der Waals surface area contributed by atoms with Crippen molar-refractivity contribution in [2.75, 3.05) is 30.5 Å². The van der Waals surface area contributed by atoms with E-state index < -0.39 is 10.8 Å². The Hall–Kier alpha value is -1.10. The summed E-state index contributed by atoms with van der Waals surface area (Å²) in [5.74, 6) is 2.09. The molecule has 4 nitrogen and oxygen atoms in total. The van der Waals surface area contributed by atoms with Crippen LogP contribution in [0.15, 0.2) is 18.3 Å². The Balaban J connectivity index is 2.52. The van der Waals surface area contributed by atoms with Gasteiger partial charge in [0.2, 0.25) is 0 Å². The van der Waals surface area contributed by atoms with E-state index in [4.69, 9.17) is 4.74 Å². The van der Waals surface area contributed by atoms with Crippen LogP contribution < -0.4 is 10.1 Å². The van der Waals surface area contributed by atoms with Gasteiger partial charge in [0.15, 0.2) is 11.6 Å². The van der Waals surface area contributed by atoms with Crippen LogP contribution in [0.3, 0.4) is 0 Å². The number of hydrogen-bond acceptors (Lipinski definition) is 4. The number of anilines is 1. The maximum Gasteiger partial charge on any atom is 0.168 e. The zero-order valence-electron chi connectivity index (χ0n) is 9.73. The second kappa shape index (κ2) is 7.22. The third-order valence-corrected chi connectivity index (χ3v) is 2.69. The highest BCUT2D eigenvalue weighted by Crippen LogP contribution is 2.20. The van der Waals surface area contributed by atoms with E-state index in [-0.39, 0.29) is 0 Å². The molecule has 90 valence electrons. The number of nitrogens with one attached hydrogen (secondary N) is 1. The highest BCUT2D eigenvalue weighted by Gasteiger charge is 2.03. The summed E-state index contributed by atoms with van der Waals surface area (Å²) in [7, 11) is -0.782. The van der Waals surface area contributed by atoms with E-state index >= 15 is 0 Å². The van der Waals surface area contributed by atoms with Crippen molar-refractivity contribution in [3.63, 3.8) is 0 Å². The third kappa shape index (κ3) is 4.61. The minimum Gasteiger partial charge on any atom is -0.490 e. The van der Waals surface area contributed by atoms with Crippen LogP contribution in [0, 0.1) is 0 Å². The van der Waals surface area contributed by atoms with Gasteiger partial charge in [-0.3, -0.25) is 4.21 Å². The van der Waals surface area contributed by atoms with E-state index in [1.807, 2.05) is 12.1 Å². The predicted molar refractivity (Wildman–Crippen MR) is 67.4 cm³/mol. The van der Waals surface area contributed by atoms with E-state index in [0.29, 0.717) is 18.9 Å². The van der Waals surface area contributed by atoms with Gasteiger partial charge in [-0.1, -0.05) is 6.92 Å². The van der Waals surface area contributed by atoms with Crippen molar-refractivity contribution in [2.45, 2.75) is 13.3 Å². The van der Waals surface area contributed by atoms with Gasteiger partial charge in [0.25, 0.3) is 0 Å². The summed E-state index contributed by atoms with van der Waals surface area (Å²) in [5, 5.41) is 3.12. The van der Waals surface area contributed by atoms with Crippen molar-refractivity contribution in [2.24, 2.45) is 0 Å². The van der Waals surface area contributed by atoms with Crippen molar-refractivity contribution >= 4 is 16.6 Å². The monoisotopic (exact) mass is 242 g/mol. The molecule has 0 aliphatic carbocycles. The first-order valence-electron chi connectivity index (χ1n) is 5.35. The van der Waals surface area contributed by atoms with Crippen LogP contribution in [0.2, 0.25) is 0 Å². The second-order valence-corrected chi connectivity index (χ2v) is 4.96. The number of pyridine rings is 1. The zero-order chi connectivity index (χ0) is 11.8. The van der Waals surface area contributed by atoms with E-state index in [1.165, 1.54) is 0 Å². The zero-order valence-corrected chi connectivity index (χ0v) is 10.5. The van der Waals surface area contributed by atoms with Crippen LogP contribution in [0.25, 0.3) is 0 Å². The van der Waals surface area contributed by atoms with E-state index in [0.717, 1.165) is 18.0 Å².